The van der Waals surface area contributed by atoms with E-state index in [0.717, 1.165) is 24.2 Å². The zero-order valence-corrected chi connectivity index (χ0v) is 14.9. The van der Waals surface area contributed by atoms with Crippen molar-refractivity contribution in [1.29, 1.82) is 0 Å². The van der Waals surface area contributed by atoms with E-state index in [2.05, 4.69) is 4.98 Å². The van der Waals surface area contributed by atoms with Gasteiger partial charge in [0.15, 0.2) is 0 Å². The third-order valence-corrected chi connectivity index (χ3v) is 4.96. The van der Waals surface area contributed by atoms with Gasteiger partial charge in [0.2, 0.25) is 5.91 Å². The predicted octanol–water partition coefficient (Wildman–Crippen LogP) is 3.05. The van der Waals surface area contributed by atoms with Gasteiger partial charge in [-0.05, 0) is 50.5 Å². The van der Waals surface area contributed by atoms with Crippen molar-refractivity contribution in [3.63, 3.8) is 0 Å². The highest BCUT2D eigenvalue weighted by Crippen LogP contribution is 2.34. The number of carbonyl (C=O) groups excluding carboxylic acids is 1. The number of para-hydroxylation sites is 1. The number of nitrogens with zero attached hydrogens (tertiary/aromatic N) is 3. The molecule has 1 atom stereocenters. The number of hydrogen-bond donors (Lipinski definition) is 0. The maximum atomic E-state index is 13.0. The molecule has 0 unspecified atom stereocenters. The van der Waals surface area contributed by atoms with Crippen LogP contribution in [0.1, 0.15) is 37.1 Å². The Kier molecular flexibility index (Phi) is 4.11. The largest absolute Gasteiger partial charge is 0.467 e. The van der Waals surface area contributed by atoms with Crippen LogP contribution in [0.25, 0.3) is 10.9 Å². The first kappa shape index (κ1) is 16.6. The number of rotatable bonds is 5. The van der Waals surface area contributed by atoms with Crippen LogP contribution in [0.15, 0.2) is 52.1 Å². The summed E-state index contributed by atoms with van der Waals surface area (Å²) in [5, 5.41) is 0.539. The highest BCUT2D eigenvalue weighted by atomic mass is 16.3. The van der Waals surface area contributed by atoms with Crippen LogP contribution in [-0.4, -0.2) is 26.4 Å². The van der Waals surface area contributed by atoms with E-state index in [9.17, 15) is 9.59 Å². The van der Waals surface area contributed by atoms with E-state index in [0.29, 0.717) is 10.9 Å². The van der Waals surface area contributed by atoms with E-state index in [-0.39, 0.29) is 30.1 Å². The lowest BCUT2D eigenvalue weighted by Crippen LogP contribution is -2.39. The first-order valence-corrected chi connectivity index (χ1v) is 8.85. The van der Waals surface area contributed by atoms with E-state index < -0.39 is 0 Å². The SMILES string of the molecule is Cc1cccc2c(=O)n(CC(=O)N(C3CC3)[C@@H](C)c3ccco3)cnc12. The number of furan rings is 1. The molecule has 134 valence electrons. The molecule has 4 rings (SSSR count). The first-order valence-electron chi connectivity index (χ1n) is 8.85. The summed E-state index contributed by atoms with van der Waals surface area (Å²) in [6.07, 6.45) is 5.06. The third-order valence-electron chi connectivity index (χ3n) is 4.96. The Balaban J connectivity index is 1.63. The lowest BCUT2D eigenvalue weighted by molar-refractivity contribution is -0.135. The fraction of sp³-hybridized carbons (Fsp3) is 0.350. The molecule has 2 aromatic heterocycles. The molecule has 1 aromatic carbocycles. The summed E-state index contributed by atoms with van der Waals surface area (Å²) < 4.78 is 6.87. The number of aryl methyl sites for hydroxylation is 1. The number of hydrogen-bond acceptors (Lipinski definition) is 4. The van der Waals surface area contributed by atoms with Crippen LogP contribution in [0.4, 0.5) is 0 Å². The van der Waals surface area contributed by atoms with Gasteiger partial charge in [-0.1, -0.05) is 12.1 Å². The molecule has 1 fully saturated rings. The van der Waals surface area contributed by atoms with E-state index in [4.69, 9.17) is 4.42 Å². The minimum Gasteiger partial charge on any atom is -0.467 e. The molecule has 0 spiro atoms. The Hall–Kier alpha value is -2.89. The van der Waals surface area contributed by atoms with Crippen molar-refractivity contribution in [2.75, 3.05) is 0 Å². The second kappa shape index (κ2) is 6.44. The standard InChI is InChI=1S/C20H21N3O3/c1-13-5-3-6-16-19(13)21-12-22(20(16)25)11-18(24)23(15-8-9-15)14(2)17-7-4-10-26-17/h3-7,10,12,14-15H,8-9,11H2,1-2H3/t14-/m0/s1. The van der Waals surface area contributed by atoms with Gasteiger partial charge in [0.1, 0.15) is 12.3 Å². The average Bonchev–Trinajstić information content (AvgIpc) is 3.29. The van der Waals surface area contributed by atoms with Gasteiger partial charge >= 0.3 is 0 Å². The van der Waals surface area contributed by atoms with Crippen LogP contribution < -0.4 is 5.56 Å². The molecule has 0 radical (unpaired) electrons. The first-order chi connectivity index (χ1) is 12.6. The molecule has 0 saturated heterocycles. The van der Waals surface area contributed by atoms with Gasteiger partial charge in [0, 0.05) is 6.04 Å². The highest BCUT2D eigenvalue weighted by molar-refractivity contribution is 5.81. The summed E-state index contributed by atoms with van der Waals surface area (Å²) in [5.74, 6) is 0.664. The second-order valence-electron chi connectivity index (χ2n) is 6.87. The predicted molar refractivity (Wildman–Crippen MR) is 97.7 cm³/mol. The second-order valence-corrected chi connectivity index (χ2v) is 6.87. The number of benzene rings is 1. The van der Waals surface area contributed by atoms with Gasteiger partial charge in [0.25, 0.3) is 5.56 Å². The lowest BCUT2D eigenvalue weighted by atomic mass is 10.1. The summed E-state index contributed by atoms with van der Waals surface area (Å²) in [6, 6.07) is 9.27. The Labute approximate surface area is 151 Å². The summed E-state index contributed by atoms with van der Waals surface area (Å²) in [5.41, 5.74) is 1.45. The molecule has 2 heterocycles. The average molecular weight is 351 g/mol. The Morgan fingerprint density at radius 3 is 2.85 bits per heavy atom. The molecular weight excluding hydrogens is 330 g/mol. The minimum atomic E-state index is -0.187. The van der Waals surface area contributed by atoms with Crippen LogP contribution in [-0.2, 0) is 11.3 Å². The quantitative estimate of drug-likeness (QED) is 0.708. The number of aromatic nitrogens is 2. The number of fused-ring (bicyclic) bond motifs is 1. The van der Waals surface area contributed by atoms with Crippen molar-refractivity contribution in [3.8, 4) is 0 Å². The van der Waals surface area contributed by atoms with Gasteiger partial charge in [0.05, 0.1) is 29.5 Å². The molecule has 0 bridgehead atoms. The van der Waals surface area contributed by atoms with Crippen molar-refractivity contribution in [2.45, 2.75) is 45.3 Å². The normalized spacial score (nSPS) is 15.2. The van der Waals surface area contributed by atoms with Crippen molar-refractivity contribution in [3.05, 3.63) is 64.6 Å². The van der Waals surface area contributed by atoms with Crippen LogP contribution in [0.5, 0.6) is 0 Å². The summed E-state index contributed by atoms with van der Waals surface area (Å²) in [6.45, 7) is 3.86. The number of amides is 1. The van der Waals surface area contributed by atoms with Gasteiger partial charge in [-0.3, -0.25) is 14.2 Å². The van der Waals surface area contributed by atoms with Crippen molar-refractivity contribution >= 4 is 16.8 Å². The van der Waals surface area contributed by atoms with Gasteiger partial charge in [-0.2, -0.15) is 0 Å². The van der Waals surface area contributed by atoms with Gasteiger partial charge in [-0.15, -0.1) is 0 Å². The zero-order valence-electron chi connectivity index (χ0n) is 14.9. The minimum absolute atomic E-state index is 0.0166. The summed E-state index contributed by atoms with van der Waals surface area (Å²) in [4.78, 5) is 32.0. The van der Waals surface area contributed by atoms with Crippen molar-refractivity contribution < 1.29 is 9.21 Å². The molecule has 26 heavy (non-hydrogen) atoms. The molecule has 6 heteroatoms. The molecule has 1 aliphatic carbocycles. The van der Waals surface area contributed by atoms with Crippen LogP contribution in [0.3, 0.4) is 0 Å². The van der Waals surface area contributed by atoms with E-state index in [1.54, 1.807) is 12.3 Å². The highest BCUT2D eigenvalue weighted by Gasteiger charge is 2.37. The van der Waals surface area contributed by atoms with Crippen LogP contribution >= 0.6 is 0 Å². The maximum absolute atomic E-state index is 13.0. The van der Waals surface area contributed by atoms with E-state index in [1.165, 1.54) is 10.9 Å². The maximum Gasteiger partial charge on any atom is 0.261 e. The molecule has 3 aromatic rings. The molecule has 1 aliphatic rings. The molecule has 6 nitrogen and oxygen atoms in total. The molecule has 1 amide bonds. The smallest absolute Gasteiger partial charge is 0.261 e. The third kappa shape index (κ3) is 2.92. The van der Waals surface area contributed by atoms with Gasteiger partial charge < -0.3 is 9.32 Å². The number of carbonyl (C=O) groups is 1. The van der Waals surface area contributed by atoms with E-state index >= 15 is 0 Å². The molecule has 0 aliphatic heterocycles. The fourth-order valence-corrected chi connectivity index (χ4v) is 3.43. The topological polar surface area (TPSA) is 68.3 Å². The van der Waals surface area contributed by atoms with Crippen LogP contribution in [0.2, 0.25) is 0 Å². The molecule has 0 N–H and O–H groups in total. The van der Waals surface area contributed by atoms with Crippen molar-refractivity contribution in [2.24, 2.45) is 0 Å². The summed E-state index contributed by atoms with van der Waals surface area (Å²) >= 11 is 0. The zero-order chi connectivity index (χ0) is 18.3. The lowest BCUT2D eigenvalue weighted by Gasteiger charge is -2.28. The van der Waals surface area contributed by atoms with Crippen molar-refractivity contribution in [1.82, 2.24) is 14.5 Å². The Morgan fingerprint density at radius 1 is 1.35 bits per heavy atom. The van der Waals surface area contributed by atoms with E-state index in [1.807, 2.05) is 43.0 Å². The Morgan fingerprint density at radius 2 is 2.15 bits per heavy atom. The molecular formula is C20H21N3O3. The summed E-state index contributed by atoms with van der Waals surface area (Å²) in [7, 11) is 0. The van der Waals surface area contributed by atoms with Crippen LogP contribution in [0, 0.1) is 6.92 Å². The monoisotopic (exact) mass is 351 g/mol. The van der Waals surface area contributed by atoms with Gasteiger partial charge in [-0.25, -0.2) is 4.98 Å². The molecule has 1 saturated carbocycles. The fourth-order valence-electron chi connectivity index (χ4n) is 3.43. The Bertz CT molecular complexity index is 1000.